The number of hydrogen-bond donors (Lipinski definition) is 1. The van der Waals surface area contributed by atoms with E-state index in [-0.39, 0.29) is 5.75 Å². The van der Waals surface area contributed by atoms with E-state index >= 15 is 0 Å². The second kappa shape index (κ2) is 8.98. The predicted octanol–water partition coefficient (Wildman–Crippen LogP) is 5.65. The lowest BCUT2D eigenvalue weighted by atomic mass is 10.1. The van der Waals surface area contributed by atoms with Gasteiger partial charge in [-0.05, 0) is 56.2 Å². The lowest BCUT2D eigenvalue weighted by Crippen LogP contribution is -2.42. The summed E-state index contributed by atoms with van der Waals surface area (Å²) >= 11 is 0. The average Bonchev–Trinajstić information content (AvgIpc) is 2.71. The molecule has 0 saturated carbocycles. The highest BCUT2D eigenvalue weighted by Crippen LogP contribution is 2.37. The van der Waals surface area contributed by atoms with Crippen LogP contribution >= 0.6 is 0 Å². The Morgan fingerprint density at radius 3 is 1.68 bits per heavy atom. The minimum absolute atomic E-state index is 0.171. The summed E-state index contributed by atoms with van der Waals surface area (Å²) in [6.45, 7) is 4.36. The molecule has 31 heavy (non-hydrogen) atoms. The number of halogens is 2. The number of rotatable bonds is 7. The van der Waals surface area contributed by atoms with Crippen LogP contribution in [0.15, 0.2) is 87.5 Å². The minimum atomic E-state index is -5.60. The fourth-order valence-corrected chi connectivity index (χ4v) is 5.92. The van der Waals surface area contributed by atoms with Gasteiger partial charge in [0.05, 0.1) is 10.9 Å². The maximum absolute atomic E-state index is 14.0. The van der Waals surface area contributed by atoms with Gasteiger partial charge < -0.3 is 4.74 Å². The molecule has 3 aromatic rings. The fraction of sp³-hybridized carbons (Fsp3) is 0.217. The molecule has 3 rings (SSSR count). The van der Waals surface area contributed by atoms with Crippen LogP contribution in [0.1, 0.15) is 18.1 Å². The van der Waals surface area contributed by atoms with Crippen LogP contribution in [0.5, 0.6) is 5.75 Å². The van der Waals surface area contributed by atoms with E-state index < -0.39 is 32.4 Å². The first-order valence-corrected chi connectivity index (χ1v) is 12.2. The average molecular weight is 466 g/mol. The topological polar surface area (TPSA) is 63.6 Å². The summed E-state index contributed by atoms with van der Waals surface area (Å²) in [5, 5.41) is -4.43. The largest absolute Gasteiger partial charge is 0.483 e. The maximum atomic E-state index is 14.0. The second-order valence-electron chi connectivity index (χ2n) is 7.12. The Labute approximate surface area is 184 Å². The van der Waals surface area contributed by atoms with Gasteiger partial charge in [-0.15, -0.1) is 0 Å². The molecule has 0 aromatic heterocycles. The zero-order chi connectivity index (χ0) is 22.8. The number of alkyl halides is 2. The quantitative estimate of drug-likeness (QED) is 0.362. The van der Waals surface area contributed by atoms with Gasteiger partial charge in [-0.3, -0.25) is 4.55 Å². The van der Waals surface area contributed by atoms with Crippen molar-refractivity contribution in [3.8, 4) is 5.75 Å². The molecule has 8 heteroatoms. The highest BCUT2D eigenvalue weighted by atomic mass is 32.2. The zero-order valence-corrected chi connectivity index (χ0v) is 18.9. The van der Waals surface area contributed by atoms with Crippen molar-refractivity contribution in [1.82, 2.24) is 0 Å². The van der Waals surface area contributed by atoms with E-state index in [1.54, 1.807) is 13.8 Å². The number of aryl methyl sites for hydroxylation is 2. The standard InChI is InChI=1S/C23H22F2O4S2/c1-16-14-21(15-17(2)22(16)29-18(3)23(24,25)31(26,27)28)30(19-10-6-4-7-11-19)20-12-8-5-9-13-20/h4-15,18H,1-3H3/p+1. The Hall–Kier alpha value is -2.42. The summed E-state index contributed by atoms with van der Waals surface area (Å²) in [5.41, 5.74) is 1.19. The van der Waals surface area contributed by atoms with Crippen molar-refractivity contribution in [3.63, 3.8) is 0 Å². The van der Waals surface area contributed by atoms with Crippen LogP contribution in [0.3, 0.4) is 0 Å². The van der Waals surface area contributed by atoms with E-state index in [1.165, 1.54) is 0 Å². The summed E-state index contributed by atoms with van der Waals surface area (Å²) in [6.07, 6.45) is -2.06. The van der Waals surface area contributed by atoms with Gasteiger partial charge in [-0.1, -0.05) is 36.4 Å². The van der Waals surface area contributed by atoms with Crippen molar-refractivity contribution in [3.05, 3.63) is 83.9 Å². The Kier molecular flexibility index (Phi) is 6.73. The van der Waals surface area contributed by atoms with Gasteiger partial charge in [-0.25, -0.2) is 0 Å². The van der Waals surface area contributed by atoms with Crippen LogP contribution in [0.4, 0.5) is 8.78 Å². The van der Waals surface area contributed by atoms with E-state index in [2.05, 4.69) is 0 Å². The molecule has 0 fully saturated rings. The lowest BCUT2D eigenvalue weighted by Gasteiger charge is -2.24. The number of ether oxygens (including phenoxy) is 1. The van der Waals surface area contributed by atoms with Gasteiger partial charge in [0, 0.05) is 12.1 Å². The second-order valence-corrected chi connectivity index (χ2v) is 10.6. The van der Waals surface area contributed by atoms with Gasteiger partial charge in [0.1, 0.15) is 5.75 Å². The molecule has 3 aromatic carbocycles. The molecule has 0 bridgehead atoms. The molecule has 0 amide bonds. The third kappa shape index (κ3) is 4.92. The predicted molar refractivity (Wildman–Crippen MR) is 118 cm³/mol. The van der Waals surface area contributed by atoms with Crippen LogP contribution in [-0.4, -0.2) is 24.3 Å². The first kappa shape index (κ1) is 23.2. The first-order valence-electron chi connectivity index (χ1n) is 9.49. The third-order valence-corrected chi connectivity index (χ3v) is 7.95. The first-order chi connectivity index (χ1) is 14.5. The fourth-order valence-electron chi connectivity index (χ4n) is 3.19. The maximum Gasteiger partial charge on any atom is 0.405 e. The Balaban J connectivity index is 2.03. The minimum Gasteiger partial charge on any atom is -0.483 e. The highest BCUT2D eigenvalue weighted by Gasteiger charge is 2.51. The molecule has 164 valence electrons. The molecular formula is C23H23F2O4S2+. The summed E-state index contributed by atoms with van der Waals surface area (Å²) < 4.78 is 64.2. The Bertz CT molecular complexity index is 1090. The third-order valence-electron chi connectivity index (χ3n) is 4.74. The smallest absolute Gasteiger partial charge is 0.405 e. The highest BCUT2D eigenvalue weighted by molar-refractivity contribution is 7.97. The van der Waals surface area contributed by atoms with E-state index in [0.29, 0.717) is 11.1 Å². The van der Waals surface area contributed by atoms with Crippen molar-refractivity contribution in [2.45, 2.75) is 46.8 Å². The van der Waals surface area contributed by atoms with Crippen LogP contribution in [-0.2, 0) is 21.0 Å². The monoisotopic (exact) mass is 465 g/mol. The van der Waals surface area contributed by atoms with Crippen molar-refractivity contribution >= 4 is 21.0 Å². The zero-order valence-electron chi connectivity index (χ0n) is 17.2. The molecule has 0 radical (unpaired) electrons. The molecule has 4 nitrogen and oxygen atoms in total. The van der Waals surface area contributed by atoms with E-state index in [1.807, 2.05) is 72.8 Å². The van der Waals surface area contributed by atoms with Crippen molar-refractivity contribution in [2.75, 3.05) is 0 Å². The van der Waals surface area contributed by atoms with Gasteiger partial charge >= 0.3 is 15.4 Å². The van der Waals surface area contributed by atoms with Crippen molar-refractivity contribution < 1.29 is 26.5 Å². The molecule has 0 aliphatic rings. The number of benzene rings is 3. The van der Waals surface area contributed by atoms with Crippen LogP contribution in [0, 0.1) is 13.8 Å². The summed E-state index contributed by atoms with van der Waals surface area (Å²) in [7, 11) is -6.02. The van der Waals surface area contributed by atoms with Crippen molar-refractivity contribution in [1.29, 1.82) is 0 Å². The van der Waals surface area contributed by atoms with Crippen LogP contribution < -0.4 is 4.74 Å². The normalized spacial score (nSPS) is 13.3. The van der Waals surface area contributed by atoms with Crippen molar-refractivity contribution in [2.24, 2.45) is 0 Å². The molecule has 1 N–H and O–H groups in total. The molecule has 1 unspecified atom stereocenters. The SMILES string of the molecule is Cc1cc([S+](c2ccccc2)c2ccccc2)cc(C)c1OC(C)C(F)(F)S(=O)(=O)O. The Morgan fingerprint density at radius 1 is 0.871 bits per heavy atom. The van der Waals surface area contributed by atoms with Crippen LogP contribution in [0.2, 0.25) is 0 Å². The lowest BCUT2D eigenvalue weighted by molar-refractivity contribution is -0.0241. The van der Waals surface area contributed by atoms with Gasteiger partial charge in [0.2, 0.25) is 0 Å². The van der Waals surface area contributed by atoms with Crippen LogP contribution in [0.25, 0.3) is 0 Å². The summed E-state index contributed by atoms with van der Waals surface area (Å²) in [5.74, 6) is 0.171. The molecule has 0 heterocycles. The van der Waals surface area contributed by atoms with E-state index in [9.17, 15) is 17.2 Å². The molecule has 1 atom stereocenters. The Morgan fingerprint density at radius 2 is 1.29 bits per heavy atom. The molecule has 0 spiro atoms. The molecule has 0 aliphatic carbocycles. The summed E-state index contributed by atoms with van der Waals surface area (Å²) in [4.78, 5) is 3.19. The molecular weight excluding hydrogens is 442 g/mol. The van der Waals surface area contributed by atoms with Gasteiger partial charge in [-0.2, -0.15) is 17.2 Å². The molecule has 0 aliphatic heterocycles. The van der Waals surface area contributed by atoms with E-state index in [4.69, 9.17) is 9.29 Å². The molecule has 0 saturated heterocycles. The van der Waals surface area contributed by atoms with Gasteiger partial charge in [0.15, 0.2) is 20.8 Å². The van der Waals surface area contributed by atoms with Gasteiger partial charge in [0.25, 0.3) is 0 Å². The van der Waals surface area contributed by atoms with E-state index in [0.717, 1.165) is 21.6 Å². The summed E-state index contributed by atoms with van der Waals surface area (Å²) in [6, 6.07) is 23.7. The number of hydrogen-bond acceptors (Lipinski definition) is 3.